The van der Waals surface area contributed by atoms with Gasteiger partial charge in [-0.3, -0.25) is 0 Å². The highest BCUT2D eigenvalue weighted by atomic mass is 32.2. The van der Waals surface area contributed by atoms with Crippen molar-refractivity contribution >= 4 is 10.0 Å². The molecule has 1 saturated heterocycles. The van der Waals surface area contributed by atoms with Gasteiger partial charge in [0.2, 0.25) is 10.0 Å². The number of fused-ring (bicyclic) bond motifs is 1. The molecule has 2 atom stereocenters. The molecular weight excluding hydrogens is 284 g/mol. The molecule has 0 amide bonds. The third-order valence-electron chi connectivity index (χ3n) is 5.00. The smallest absolute Gasteiger partial charge is 0.243 e. The Morgan fingerprint density at radius 3 is 2.71 bits per heavy atom. The van der Waals surface area contributed by atoms with E-state index < -0.39 is 10.0 Å². The van der Waals surface area contributed by atoms with Crippen molar-refractivity contribution in [2.45, 2.75) is 56.5 Å². The van der Waals surface area contributed by atoms with E-state index in [1.165, 1.54) is 12.8 Å². The van der Waals surface area contributed by atoms with E-state index in [2.05, 4.69) is 0 Å². The zero-order valence-corrected chi connectivity index (χ0v) is 13.4. The summed E-state index contributed by atoms with van der Waals surface area (Å²) in [4.78, 5) is 0.451. The summed E-state index contributed by atoms with van der Waals surface area (Å²) in [5, 5.41) is 0. The van der Waals surface area contributed by atoms with Gasteiger partial charge in [0, 0.05) is 19.1 Å². The maximum absolute atomic E-state index is 13.0. The highest BCUT2D eigenvalue weighted by Crippen LogP contribution is 2.39. The zero-order chi connectivity index (χ0) is 15.0. The SMILES string of the molecule is Cc1cc(CN)ccc1S(=O)(=O)N1CCCC2CCCC21. The highest BCUT2D eigenvalue weighted by molar-refractivity contribution is 7.89. The quantitative estimate of drug-likeness (QED) is 0.932. The summed E-state index contributed by atoms with van der Waals surface area (Å²) >= 11 is 0. The topological polar surface area (TPSA) is 63.4 Å². The summed E-state index contributed by atoms with van der Waals surface area (Å²) in [5.41, 5.74) is 7.41. The van der Waals surface area contributed by atoms with Crippen LogP contribution in [0, 0.1) is 12.8 Å². The fourth-order valence-electron chi connectivity index (χ4n) is 3.96. The average molecular weight is 308 g/mol. The Hall–Kier alpha value is -0.910. The molecule has 5 heteroatoms. The summed E-state index contributed by atoms with van der Waals surface area (Å²) in [5.74, 6) is 0.567. The molecule has 0 spiro atoms. The van der Waals surface area contributed by atoms with Crippen LogP contribution in [0.1, 0.15) is 43.2 Å². The molecule has 1 saturated carbocycles. The molecule has 4 nitrogen and oxygen atoms in total. The molecule has 1 aliphatic carbocycles. The van der Waals surface area contributed by atoms with E-state index in [9.17, 15) is 8.42 Å². The Kier molecular flexibility index (Phi) is 4.08. The van der Waals surface area contributed by atoms with Gasteiger partial charge in [-0.15, -0.1) is 0 Å². The first-order valence-electron chi connectivity index (χ1n) is 7.85. The van der Waals surface area contributed by atoms with Crippen molar-refractivity contribution < 1.29 is 8.42 Å². The van der Waals surface area contributed by atoms with Gasteiger partial charge >= 0.3 is 0 Å². The second kappa shape index (κ2) is 5.71. The maximum atomic E-state index is 13.0. The number of hydrogen-bond donors (Lipinski definition) is 1. The molecule has 1 aromatic carbocycles. The Labute approximate surface area is 127 Å². The lowest BCUT2D eigenvalue weighted by Crippen LogP contribution is -2.46. The molecule has 1 heterocycles. The third-order valence-corrected chi connectivity index (χ3v) is 7.09. The molecule has 2 N–H and O–H groups in total. The molecule has 3 rings (SSSR count). The number of nitrogens with two attached hydrogens (primary N) is 1. The summed E-state index contributed by atoms with van der Waals surface area (Å²) in [7, 11) is -3.38. The molecule has 2 fully saturated rings. The average Bonchev–Trinajstić information content (AvgIpc) is 2.94. The fraction of sp³-hybridized carbons (Fsp3) is 0.625. The summed E-state index contributed by atoms with van der Waals surface area (Å²) < 4.78 is 27.9. The van der Waals surface area contributed by atoms with E-state index in [0.717, 1.165) is 30.4 Å². The molecule has 116 valence electrons. The van der Waals surface area contributed by atoms with Crippen LogP contribution in [0.15, 0.2) is 23.1 Å². The Bertz CT molecular complexity index is 627. The van der Waals surface area contributed by atoms with Crippen molar-refractivity contribution in [1.29, 1.82) is 0 Å². The molecule has 2 unspecified atom stereocenters. The van der Waals surface area contributed by atoms with Gasteiger partial charge < -0.3 is 5.73 Å². The van der Waals surface area contributed by atoms with Gasteiger partial charge in [-0.1, -0.05) is 18.6 Å². The van der Waals surface area contributed by atoms with E-state index in [4.69, 9.17) is 5.73 Å². The van der Waals surface area contributed by atoms with E-state index in [0.29, 0.717) is 23.9 Å². The van der Waals surface area contributed by atoms with Crippen molar-refractivity contribution in [1.82, 2.24) is 4.31 Å². The largest absolute Gasteiger partial charge is 0.326 e. The lowest BCUT2D eigenvalue weighted by molar-refractivity contribution is 0.202. The van der Waals surface area contributed by atoms with E-state index in [-0.39, 0.29) is 6.04 Å². The first kappa shape index (κ1) is 15.0. The molecule has 0 aromatic heterocycles. The highest BCUT2D eigenvalue weighted by Gasteiger charge is 2.41. The van der Waals surface area contributed by atoms with Crippen LogP contribution >= 0.6 is 0 Å². The molecule has 0 radical (unpaired) electrons. The van der Waals surface area contributed by atoms with Crippen molar-refractivity contribution in [3.63, 3.8) is 0 Å². The number of sulfonamides is 1. The van der Waals surface area contributed by atoms with Crippen molar-refractivity contribution in [2.75, 3.05) is 6.54 Å². The van der Waals surface area contributed by atoms with Crippen molar-refractivity contribution in [3.05, 3.63) is 29.3 Å². The first-order chi connectivity index (χ1) is 10.0. The van der Waals surface area contributed by atoms with Gasteiger partial charge in [0.05, 0.1) is 4.90 Å². The Balaban J connectivity index is 1.96. The van der Waals surface area contributed by atoms with Crippen LogP contribution in [0.4, 0.5) is 0 Å². The fourth-order valence-corrected chi connectivity index (χ4v) is 5.92. The van der Waals surface area contributed by atoms with E-state index >= 15 is 0 Å². The van der Waals surface area contributed by atoms with Gasteiger partial charge in [-0.25, -0.2) is 8.42 Å². The van der Waals surface area contributed by atoms with Gasteiger partial charge in [-0.2, -0.15) is 4.31 Å². The number of benzene rings is 1. The summed E-state index contributed by atoms with van der Waals surface area (Å²) in [6.07, 6.45) is 5.53. The Morgan fingerprint density at radius 2 is 2.00 bits per heavy atom. The molecule has 2 aliphatic rings. The van der Waals surface area contributed by atoms with Crippen LogP contribution < -0.4 is 5.73 Å². The van der Waals surface area contributed by atoms with E-state index in [1.807, 2.05) is 19.1 Å². The van der Waals surface area contributed by atoms with Crippen molar-refractivity contribution in [3.8, 4) is 0 Å². The second-order valence-corrected chi connectivity index (χ2v) is 8.18. The predicted octanol–water partition coefficient (Wildman–Crippen LogP) is 2.41. The lowest BCUT2D eigenvalue weighted by Gasteiger charge is -2.37. The Morgan fingerprint density at radius 1 is 1.24 bits per heavy atom. The van der Waals surface area contributed by atoms with Gasteiger partial charge in [0.1, 0.15) is 0 Å². The predicted molar refractivity (Wildman–Crippen MR) is 83.3 cm³/mol. The second-order valence-electron chi connectivity index (χ2n) is 6.32. The molecule has 21 heavy (non-hydrogen) atoms. The number of rotatable bonds is 3. The maximum Gasteiger partial charge on any atom is 0.243 e. The number of piperidine rings is 1. The van der Waals surface area contributed by atoms with Gasteiger partial charge in [0.25, 0.3) is 0 Å². The minimum Gasteiger partial charge on any atom is -0.326 e. The number of hydrogen-bond acceptors (Lipinski definition) is 3. The van der Waals surface area contributed by atoms with Crippen LogP contribution in [0.5, 0.6) is 0 Å². The minimum absolute atomic E-state index is 0.220. The lowest BCUT2D eigenvalue weighted by atomic mass is 9.94. The van der Waals surface area contributed by atoms with E-state index in [1.54, 1.807) is 10.4 Å². The standard InChI is InChI=1S/C16H24N2O2S/c1-12-10-13(11-17)7-8-16(12)21(19,20)18-9-3-5-14-4-2-6-15(14)18/h7-8,10,14-15H,2-6,9,11,17H2,1H3. The molecule has 1 aromatic rings. The summed E-state index contributed by atoms with van der Waals surface area (Å²) in [6.45, 7) is 2.97. The van der Waals surface area contributed by atoms with Crippen LogP contribution in [0.25, 0.3) is 0 Å². The molecular formula is C16H24N2O2S. The van der Waals surface area contributed by atoms with Crippen LogP contribution in [-0.2, 0) is 16.6 Å². The minimum atomic E-state index is -3.38. The molecule has 1 aliphatic heterocycles. The van der Waals surface area contributed by atoms with Gasteiger partial charge in [0.15, 0.2) is 0 Å². The number of aryl methyl sites for hydroxylation is 1. The number of nitrogens with zero attached hydrogens (tertiary/aromatic N) is 1. The first-order valence-corrected chi connectivity index (χ1v) is 9.29. The normalized spacial score (nSPS) is 26.8. The van der Waals surface area contributed by atoms with Crippen molar-refractivity contribution in [2.24, 2.45) is 11.7 Å². The van der Waals surface area contributed by atoms with Crippen LogP contribution in [0.3, 0.4) is 0 Å². The van der Waals surface area contributed by atoms with Crippen LogP contribution in [-0.4, -0.2) is 25.3 Å². The zero-order valence-electron chi connectivity index (χ0n) is 12.6. The monoisotopic (exact) mass is 308 g/mol. The third kappa shape index (κ3) is 2.62. The van der Waals surface area contributed by atoms with Crippen LogP contribution in [0.2, 0.25) is 0 Å². The van der Waals surface area contributed by atoms with Gasteiger partial charge in [-0.05, 0) is 55.7 Å². The summed E-state index contributed by atoms with van der Waals surface area (Å²) in [6, 6.07) is 5.67. The molecule has 0 bridgehead atoms.